The smallest absolute Gasteiger partial charge is 0.0628 e. The van der Waals surface area contributed by atoms with Gasteiger partial charge in [-0.25, -0.2) is 0 Å². The van der Waals surface area contributed by atoms with Crippen molar-refractivity contribution in [3.8, 4) is 0 Å². The maximum atomic E-state index is 4.55. The number of nitrogens with zero attached hydrogens (tertiary/aromatic N) is 2. The highest BCUT2D eigenvalue weighted by Gasteiger charge is 2.09. The molecule has 1 heterocycles. The zero-order valence-corrected chi connectivity index (χ0v) is 12.1. The van der Waals surface area contributed by atoms with E-state index in [9.17, 15) is 0 Å². The van der Waals surface area contributed by atoms with Crippen LogP contribution in [0.3, 0.4) is 0 Å². The number of aryl methyl sites for hydroxylation is 2. The SMILES string of the molecule is CCn1nc(C)c(CCNCc2ccccc2)c1C. The molecule has 0 saturated carbocycles. The molecule has 2 rings (SSSR count). The Balaban J connectivity index is 1.85. The maximum absolute atomic E-state index is 4.55. The number of rotatable bonds is 6. The summed E-state index contributed by atoms with van der Waals surface area (Å²) in [6.45, 7) is 9.27. The number of nitrogens with one attached hydrogen (secondary N) is 1. The van der Waals surface area contributed by atoms with Crippen LogP contribution in [0, 0.1) is 13.8 Å². The lowest BCUT2D eigenvalue weighted by Gasteiger charge is -2.06. The lowest BCUT2D eigenvalue weighted by Crippen LogP contribution is -2.17. The van der Waals surface area contributed by atoms with Crippen LogP contribution in [0.1, 0.15) is 29.4 Å². The summed E-state index contributed by atoms with van der Waals surface area (Å²) in [5.41, 5.74) is 5.20. The summed E-state index contributed by atoms with van der Waals surface area (Å²) in [4.78, 5) is 0. The molecule has 0 unspecified atom stereocenters. The van der Waals surface area contributed by atoms with Crippen LogP contribution >= 0.6 is 0 Å². The molecule has 0 aliphatic heterocycles. The van der Waals surface area contributed by atoms with Crippen molar-refractivity contribution in [2.24, 2.45) is 0 Å². The molecule has 0 radical (unpaired) electrons. The van der Waals surface area contributed by atoms with Crippen LogP contribution in [0.15, 0.2) is 30.3 Å². The third kappa shape index (κ3) is 3.44. The minimum absolute atomic E-state index is 0.931. The van der Waals surface area contributed by atoms with E-state index >= 15 is 0 Å². The van der Waals surface area contributed by atoms with Crippen LogP contribution < -0.4 is 5.32 Å². The molecule has 2 aromatic rings. The molecule has 0 amide bonds. The van der Waals surface area contributed by atoms with Crippen molar-refractivity contribution >= 4 is 0 Å². The van der Waals surface area contributed by atoms with E-state index in [-0.39, 0.29) is 0 Å². The number of aromatic nitrogens is 2. The lowest BCUT2D eigenvalue weighted by molar-refractivity contribution is 0.632. The molecule has 3 nitrogen and oxygen atoms in total. The van der Waals surface area contributed by atoms with Crippen molar-refractivity contribution in [1.82, 2.24) is 15.1 Å². The summed E-state index contributed by atoms with van der Waals surface area (Å²) in [7, 11) is 0. The van der Waals surface area contributed by atoms with Gasteiger partial charge in [0.25, 0.3) is 0 Å². The number of hydrogen-bond donors (Lipinski definition) is 1. The molecule has 1 aromatic carbocycles. The highest BCUT2D eigenvalue weighted by Crippen LogP contribution is 2.13. The average Bonchev–Trinajstić information content (AvgIpc) is 2.71. The minimum atomic E-state index is 0.931. The van der Waals surface area contributed by atoms with Gasteiger partial charge in [0.1, 0.15) is 0 Å². The van der Waals surface area contributed by atoms with Crippen molar-refractivity contribution in [2.75, 3.05) is 6.54 Å². The summed E-state index contributed by atoms with van der Waals surface area (Å²) in [6, 6.07) is 10.5. The molecule has 102 valence electrons. The van der Waals surface area contributed by atoms with Crippen molar-refractivity contribution in [3.05, 3.63) is 52.8 Å². The summed E-state index contributed by atoms with van der Waals surface area (Å²) in [5, 5.41) is 8.05. The van der Waals surface area contributed by atoms with E-state index < -0.39 is 0 Å². The highest BCUT2D eigenvalue weighted by atomic mass is 15.3. The fourth-order valence-electron chi connectivity index (χ4n) is 2.45. The Kier molecular flexibility index (Phi) is 4.74. The van der Waals surface area contributed by atoms with E-state index in [1.54, 1.807) is 0 Å². The van der Waals surface area contributed by atoms with Crippen LogP contribution in [-0.4, -0.2) is 16.3 Å². The molecular formula is C16H23N3. The average molecular weight is 257 g/mol. The van der Waals surface area contributed by atoms with Gasteiger partial charge in [-0.15, -0.1) is 0 Å². The largest absolute Gasteiger partial charge is 0.312 e. The van der Waals surface area contributed by atoms with Gasteiger partial charge in [-0.1, -0.05) is 30.3 Å². The molecule has 1 aromatic heterocycles. The van der Waals surface area contributed by atoms with Gasteiger partial charge in [0.2, 0.25) is 0 Å². The first-order valence-electron chi connectivity index (χ1n) is 7.00. The Hall–Kier alpha value is -1.61. The monoisotopic (exact) mass is 257 g/mol. The molecule has 0 aliphatic rings. The number of hydrogen-bond acceptors (Lipinski definition) is 2. The Morgan fingerprint density at radius 2 is 1.89 bits per heavy atom. The minimum Gasteiger partial charge on any atom is -0.312 e. The van der Waals surface area contributed by atoms with E-state index in [1.165, 1.54) is 22.5 Å². The van der Waals surface area contributed by atoms with Crippen LogP contribution in [-0.2, 0) is 19.5 Å². The molecule has 0 fully saturated rings. The van der Waals surface area contributed by atoms with E-state index in [2.05, 4.69) is 66.2 Å². The highest BCUT2D eigenvalue weighted by molar-refractivity contribution is 5.24. The molecule has 0 bridgehead atoms. The first kappa shape index (κ1) is 13.8. The molecule has 3 heteroatoms. The predicted molar refractivity (Wildman–Crippen MR) is 79.2 cm³/mol. The Bertz CT molecular complexity index is 514. The molecule has 0 atom stereocenters. The molecule has 0 spiro atoms. The van der Waals surface area contributed by atoms with Gasteiger partial charge in [-0.05, 0) is 44.9 Å². The van der Waals surface area contributed by atoms with E-state index in [0.717, 1.165) is 26.1 Å². The lowest BCUT2D eigenvalue weighted by atomic mass is 10.1. The van der Waals surface area contributed by atoms with Crippen molar-refractivity contribution < 1.29 is 0 Å². The zero-order valence-electron chi connectivity index (χ0n) is 12.1. The molecule has 19 heavy (non-hydrogen) atoms. The second kappa shape index (κ2) is 6.53. The summed E-state index contributed by atoms with van der Waals surface area (Å²) in [5.74, 6) is 0. The third-order valence-corrected chi connectivity index (χ3v) is 3.55. The Labute approximate surface area is 115 Å². The Morgan fingerprint density at radius 1 is 1.16 bits per heavy atom. The molecular weight excluding hydrogens is 234 g/mol. The van der Waals surface area contributed by atoms with Crippen LogP contribution in [0.2, 0.25) is 0 Å². The van der Waals surface area contributed by atoms with Gasteiger partial charge in [0, 0.05) is 18.8 Å². The quantitative estimate of drug-likeness (QED) is 0.806. The van der Waals surface area contributed by atoms with Gasteiger partial charge >= 0.3 is 0 Å². The molecule has 0 saturated heterocycles. The molecule has 1 N–H and O–H groups in total. The van der Waals surface area contributed by atoms with Crippen LogP contribution in [0.4, 0.5) is 0 Å². The summed E-state index contributed by atoms with van der Waals surface area (Å²) < 4.78 is 2.09. The van der Waals surface area contributed by atoms with E-state index in [1.807, 2.05) is 0 Å². The first-order valence-corrected chi connectivity index (χ1v) is 7.00. The standard InChI is InChI=1S/C16H23N3/c1-4-19-14(3)16(13(2)18-19)10-11-17-12-15-8-6-5-7-9-15/h5-9,17H,4,10-12H2,1-3H3. The topological polar surface area (TPSA) is 29.9 Å². The van der Waals surface area contributed by atoms with Crippen LogP contribution in [0.5, 0.6) is 0 Å². The fourth-order valence-corrected chi connectivity index (χ4v) is 2.45. The Morgan fingerprint density at radius 3 is 2.53 bits per heavy atom. The zero-order chi connectivity index (χ0) is 13.7. The van der Waals surface area contributed by atoms with Crippen LogP contribution in [0.25, 0.3) is 0 Å². The number of benzene rings is 1. The van der Waals surface area contributed by atoms with Gasteiger partial charge in [0.15, 0.2) is 0 Å². The van der Waals surface area contributed by atoms with Crippen molar-refractivity contribution in [3.63, 3.8) is 0 Å². The predicted octanol–water partition coefficient (Wildman–Crippen LogP) is 2.85. The normalized spacial score (nSPS) is 10.9. The first-order chi connectivity index (χ1) is 9.22. The van der Waals surface area contributed by atoms with Gasteiger partial charge < -0.3 is 5.32 Å². The van der Waals surface area contributed by atoms with Gasteiger partial charge in [-0.3, -0.25) is 4.68 Å². The van der Waals surface area contributed by atoms with E-state index in [4.69, 9.17) is 0 Å². The fraction of sp³-hybridized carbons (Fsp3) is 0.438. The summed E-state index contributed by atoms with van der Waals surface area (Å²) >= 11 is 0. The summed E-state index contributed by atoms with van der Waals surface area (Å²) in [6.07, 6.45) is 1.05. The van der Waals surface area contributed by atoms with Gasteiger partial charge in [-0.2, -0.15) is 5.10 Å². The third-order valence-electron chi connectivity index (χ3n) is 3.55. The molecule has 0 aliphatic carbocycles. The van der Waals surface area contributed by atoms with E-state index in [0.29, 0.717) is 0 Å². The second-order valence-corrected chi connectivity index (χ2v) is 4.88. The van der Waals surface area contributed by atoms with Crippen molar-refractivity contribution in [2.45, 2.75) is 40.3 Å². The van der Waals surface area contributed by atoms with Gasteiger partial charge in [0.05, 0.1) is 5.69 Å². The maximum Gasteiger partial charge on any atom is 0.0628 e. The second-order valence-electron chi connectivity index (χ2n) is 4.88. The van der Waals surface area contributed by atoms with Crippen molar-refractivity contribution in [1.29, 1.82) is 0 Å².